The predicted molar refractivity (Wildman–Crippen MR) is 247 cm³/mol. The van der Waals surface area contributed by atoms with Gasteiger partial charge in [-0.1, -0.05) is 65.7 Å². The minimum absolute atomic E-state index is 0.171. The van der Waals surface area contributed by atoms with Crippen LogP contribution in [-0.4, -0.2) is 124 Å². The van der Waals surface area contributed by atoms with Crippen molar-refractivity contribution in [1.82, 2.24) is 39.7 Å². The number of nitrogens with zero attached hydrogens (tertiary/aromatic N) is 10. The van der Waals surface area contributed by atoms with Crippen molar-refractivity contribution >= 4 is 92.8 Å². The molecule has 0 atom stereocenters. The number of aromatic nitrogens is 6. The van der Waals surface area contributed by atoms with Gasteiger partial charge in [0.1, 0.15) is 4.90 Å². The zero-order valence-electron chi connectivity index (χ0n) is 34.9. The Labute approximate surface area is 374 Å². The van der Waals surface area contributed by atoms with Crippen LogP contribution in [0.5, 0.6) is 0 Å². The Morgan fingerprint density at radius 2 is 0.984 bits per heavy atom. The molecule has 2 aliphatic heterocycles. The van der Waals surface area contributed by atoms with Crippen LogP contribution < -0.4 is 31.1 Å². The molecule has 20 nitrogen and oxygen atoms in total. The van der Waals surface area contributed by atoms with E-state index in [1.54, 1.807) is 36.4 Å². The molecule has 0 saturated carbocycles. The maximum Gasteiger partial charge on any atom is 0.295 e. The lowest BCUT2D eigenvalue weighted by Crippen LogP contribution is -2.45. The summed E-state index contributed by atoms with van der Waals surface area (Å²) in [6, 6.07) is 28.8. The molecule has 2 saturated heterocycles. The Morgan fingerprint density at radius 1 is 0.562 bits per heavy atom. The highest BCUT2D eigenvalue weighted by molar-refractivity contribution is 7.94. The van der Waals surface area contributed by atoms with Crippen LogP contribution in [0.15, 0.2) is 107 Å². The summed E-state index contributed by atoms with van der Waals surface area (Å²) >= 11 is 0.715. The van der Waals surface area contributed by atoms with Crippen molar-refractivity contribution in [3.8, 4) is 0 Å². The zero-order chi connectivity index (χ0) is 44.5. The molecular formula is C42H46N14O6S2. The fourth-order valence-electron chi connectivity index (χ4n) is 6.83. The average molecular weight is 907 g/mol. The van der Waals surface area contributed by atoms with Crippen LogP contribution in [0.25, 0.3) is 12.2 Å². The Bertz CT molecular complexity index is 2670. The van der Waals surface area contributed by atoms with Crippen LogP contribution in [0.1, 0.15) is 11.1 Å². The number of rotatable bonds is 16. The van der Waals surface area contributed by atoms with Crippen LogP contribution in [0.3, 0.4) is 0 Å². The second kappa shape index (κ2) is 20.3. The standard InChI is InChI=1S/C42H46N14O6S2/c1-53-19-23-55(24-20-53)41-49-37(43-31-9-5-3-6-10-31)47-39(51-41)45-33-17-15-29(35(27-33)63-62-61-57)13-14-30-16-18-34(28-36(30)64(58,59)60)46-40-48-38(44-32-11-7-4-8-12-32)50-42(52-40)56-25-21-54(2)22-26-56/h3-18,27-28,57H,19-26H2,1-2H3,(H,58,59,60)(H2,43,45,47,49,51)(H2,44,46,48,50,52). The Kier molecular flexibility index (Phi) is 14.0. The molecule has 0 unspecified atom stereocenters. The van der Waals surface area contributed by atoms with E-state index in [0.29, 0.717) is 70.8 Å². The SMILES string of the molecule is CN1CCN(c2nc(Nc3ccccc3)nc(Nc3ccc(C=Cc4ccc(Nc5nc(Nc6ccccc6)nc(N6CCN(C)CC6)n5)cc4S(=O)(=O)O)c(SOOO)c3)n2)CC1. The van der Waals surface area contributed by atoms with E-state index in [1.165, 1.54) is 12.1 Å². The first kappa shape index (κ1) is 44.1. The lowest BCUT2D eigenvalue weighted by molar-refractivity contribution is -0.432. The third kappa shape index (κ3) is 11.7. The van der Waals surface area contributed by atoms with Crippen molar-refractivity contribution in [3.63, 3.8) is 0 Å². The third-order valence-corrected chi connectivity index (χ3v) is 11.9. The first-order valence-corrected chi connectivity index (χ1v) is 22.4. The maximum absolute atomic E-state index is 12.8. The van der Waals surface area contributed by atoms with Gasteiger partial charge in [-0.3, -0.25) is 4.55 Å². The van der Waals surface area contributed by atoms with Gasteiger partial charge in [0.05, 0.1) is 12.0 Å². The molecule has 8 rings (SSSR count). The number of nitrogens with one attached hydrogen (secondary N) is 4. The van der Waals surface area contributed by atoms with Crippen molar-refractivity contribution in [3.05, 3.63) is 108 Å². The lowest BCUT2D eigenvalue weighted by Gasteiger charge is -2.32. The van der Waals surface area contributed by atoms with E-state index in [9.17, 15) is 13.0 Å². The van der Waals surface area contributed by atoms with E-state index in [-0.39, 0.29) is 22.4 Å². The van der Waals surface area contributed by atoms with E-state index in [0.717, 1.165) is 50.6 Å². The number of hydrogen-bond acceptors (Lipinski definition) is 20. The van der Waals surface area contributed by atoms with E-state index < -0.39 is 10.1 Å². The summed E-state index contributed by atoms with van der Waals surface area (Å²) in [4.78, 5) is 36.7. The van der Waals surface area contributed by atoms with Gasteiger partial charge < -0.3 is 40.9 Å². The van der Waals surface area contributed by atoms with Gasteiger partial charge in [-0.05, 0) is 73.8 Å². The molecule has 4 aromatic carbocycles. The van der Waals surface area contributed by atoms with Crippen LogP contribution in [0.2, 0.25) is 0 Å². The summed E-state index contributed by atoms with van der Waals surface area (Å²) in [5.74, 6) is 2.07. The molecule has 2 fully saturated rings. The van der Waals surface area contributed by atoms with Crippen LogP contribution >= 0.6 is 12.0 Å². The highest BCUT2D eigenvalue weighted by Crippen LogP contribution is 2.32. The van der Waals surface area contributed by atoms with Gasteiger partial charge in [-0.15, -0.1) is 4.33 Å². The van der Waals surface area contributed by atoms with Crippen LogP contribution in [0.4, 0.5) is 58.4 Å². The molecule has 2 aromatic heterocycles. The van der Waals surface area contributed by atoms with E-state index in [4.69, 9.17) is 19.6 Å². The van der Waals surface area contributed by atoms with Crippen LogP contribution in [0, 0.1) is 0 Å². The molecule has 0 bridgehead atoms. The van der Waals surface area contributed by atoms with E-state index in [2.05, 4.69) is 79.9 Å². The van der Waals surface area contributed by atoms with Crippen molar-refractivity contribution in [2.75, 3.05) is 97.5 Å². The van der Waals surface area contributed by atoms with Gasteiger partial charge >= 0.3 is 0 Å². The van der Waals surface area contributed by atoms with E-state index in [1.807, 2.05) is 60.7 Å². The molecular weight excluding hydrogens is 861 g/mol. The molecule has 0 aliphatic carbocycles. The largest absolute Gasteiger partial charge is 0.338 e. The number of likely N-dealkylation sites (N-methyl/N-ethyl adjacent to an activating group) is 2. The number of piperazine rings is 2. The summed E-state index contributed by atoms with van der Waals surface area (Å²) in [7, 11) is -0.595. The second-order valence-electron chi connectivity index (χ2n) is 14.9. The first-order valence-electron chi connectivity index (χ1n) is 20.2. The summed E-state index contributed by atoms with van der Waals surface area (Å²) in [6.45, 7) is 6.29. The predicted octanol–water partition coefficient (Wildman–Crippen LogP) is 6.38. The smallest absolute Gasteiger partial charge is 0.295 e. The molecule has 22 heteroatoms. The molecule has 6 aromatic rings. The minimum Gasteiger partial charge on any atom is -0.338 e. The second-order valence-corrected chi connectivity index (χ2v) is 17.1. The molecule has 2 aliphatic rings. The van der Waals surface area contributed by atoms with Crippen molar-refractivity contribution in [2.24, 2.45) is 0 Å². The number of hydrogen-bond donors (Lipinski definition) is 6. The summed E-state index contributed by atoms with van der Waals surface area (Å²) in [5, 5.41) is 25.8. The Hall–Kier alpha value is -6.50. The van der Waals surface area contributed by atoms with Gasteiger partial charge in [0.2, 0.25) is 35.7 Å². The lowest BCUT2D eigenvalue weighted by atomic mass is 10.1. The average Bonchev–Trinajstić information content (AvgIpc) is 3.29. The molecule has 0 amide bonds. The maximum atomic E-state index is 12.8. The van der Waals surface area contributed by atoms with Gasteiger partial charge in [0, 0.05) is 80.0 Å². The van der Waals surface area contributed by atoms with Gasteiger partial charge in [-0.2, -0.15) is 38.3 Å². The molecule has 0 spiro atoms. The van der Waals surface area contributed by atoms with Gasteiger partial charge in [0.15, 0.2) is 0 Å². The highest BCUT2D eigenvalue weighted by Gasteiger charge is 2.22. The first-order chi connectivity index (χ1) is 31.0. The number of anilines is 10. The van der Waals surface area contributed by atoms with Crippen molar-refractivity contribution < 1.29 is 27.6 Å². The quantitative estimate of drug-likeness (QED) is 0.0203. The Morgan fingerprint density at radius 3 is 1.44 bits per heavy atom. The summed E-state index contributed by atoms with van der Waals surface area (Å²) in [6.07, 6.45) is 3.17. The molecule has 4 heterocycles. The fraction of sp³-hybridized carbons (Fsp3) is 0.238. The summed E-state index contributed by atoms with van der Waals surface area (Å²) in [5.41, 5.74) is 3.20. The fourth-order valence-corrected chi connectivity index (χ4v) is 8.06. The molecule has 0 radical (unpaired) electrons. The van der Waals surface area contributed by atoms with Crippen LogP contribution in [-0.2, 0) is 19.5 Å². The third-order valence-electron chi connectivity index (χ3n) is 10.3. The normalized spacial score (nSPS) is 15.1. The van der Waals surface area contributed by atoms with Gasteiger partial charge in [-0.25, -0.2) is 5.26 Å². The minimum atomic E-state index is -4.73. The Balaban J connectivity index is 1.05. The zero-order valence-corrected chi connectivity index (χ0v) is 36.5. The number of para-hydroxylation sites is 2. The summed E-state index contributed by atoms with van der Waals surface area (Å²) < 4.78 is 40.9. The molecule has 6 N–H and O–H groups in total. The molecule has 64 heavy (non-hydrogen) atoms. The number of benzene rings is 4. The monoisotopic (exact) mass is 906 g/mol. The van der Waals surface area contributed by atoms with Crippen molar-refractivity contribution in [1.29, 1.82) is 0 Å². The molecule has 332 valence electrons. The van der Waals surface area contributed by atoms with E-state index >= 15 is 0 Å². The topological polar surface area (TPSA) is 231 Å². The van der Waals surface area contributed by atoms with Crippen molar-refractivity contribution in [2.45, 2.75) is 9.79 Å². The highest BCUT2D eigenvalue weighted by atomic mass is 32.2. The van der Waals surface area contributed by atoms with Gasteiger partial charge in [0.25, 0.3) is 10.1 Å².